The van der Waals surface area contributed by atoms with Crippen molar-refractivity contribution in [2.75, 3.05) is 13.2 Å². The molecular weight excluding hydrogens is 477 g/mol. The summed E-state index contributed by atoms with van der Waals surface area (Å²) in [6.45, 7) is 9.46. The molecule has 148 valence electrons. The fraction of sp³-hybridized carbons (Fsp3) is 0.381. The molecule has 0 saturated heterocycles. The molecule has 0 aromatic heterocycles. The molecule has 0 fully saturated rings. The number of carbonyl (C=O) groups is 1. The molecule has 0 saturated carbocycles. The number of phenols is 1. The quantitative estimate of drug-likeness (QED) is 0.408. The molecule has 0 spiro atoms. The van der Waals surface area contributed by atoms with E-state index in [9.17, 15) is 9.90 Å². The molecule has 2 aromatic carbocycles. The van der Waals surface area contributed by atoms with Crippen LogP contribution in [0.4, 0.5) is 0 Å². The lowest BCUT2D eigenvalue weighted by molar-refractivity contribution is 0.0414. The van der Waals surface area contributed by atoms with Crippen molar-refractivity contribution in [2.45, 2.75) is 39.8 Å². The first-order chi connectivity index (χ1) is 12.3. The van der Waals surface area contributed by atoms with Gasteiger partial charge in [-0.25, -0.2) is 4.79 Å². The van der Waals surface area contributed by atoms with Crippen LogP contribution < -0.4 is 0 Å². The highest BCUT2D eigenvalue weighted by molar-refractivity contribution is 14.1. The first kappa shape index (κ1) is 23.7. The lowest BCUT2D eigenvalue weighted by atomic mass is 10.0. The van der Waals surface area contributed by atoms with Crippen molar-refractivity contribution in [3.05, 3.63) is 51.6 Å². The Morgan fingerprint density at radius 1 is 1.11 bits per heavy atom. The molecule has 0 heterocycles. The summed E-state index contributed by atoms with van der Waals surface area (Å²) in [6, 6.07) is 13.9. The highest BCUT2D eigenvalue weighted by Gasteiger charge is 2.18. The lowest BCUT2D eigenvalue weighted by Gasteiger charge is -2.30. The van der Waals surface area contributed by atoms with E-state index in [1.165, 1.54) is 0 Å². The van der Waals surface area contributed by atoms with Crippen LogP contribution in [0.5, 0.6) is 5.75 Å². The van der Waals surface area contributed by atoms with E-state index in [1.807, 2.05) is 30.3 Å². The Morgan fingerprint density at radius 3 is 2.26 bits per heavy atom. The Balaban J connectivity index is 0.00000364. The number of benzene rings is 2. The van der Waals surface area contributed by atoms with Crippen LogP contribution in [0, 0.1) is 3.57 Å². The van der Waals surface area contributed by atoms with Crippen molar-refractivity contribution in [3.8, 4) is 16.9 Å². The summed E-state index contributed by atoms with van der Waals surface area (Å²) < 4.78 is 6.29. The van der Waals surface area contributed by atoms with Gasteiger partial charge in [0.25, 0.3) is 0 Å². The van der Waals surface area contributed by atoms with Gasteiger partial charge >= 0.3 is 5.97 Å². The maximum absolute atomic E-state index is 12.4. The van der Waals surface area contributed by atoms with Gasteiger partial charge in [0.2, 0.25) is 0 Å². The average molecular weight is 504 g/mol. The molecular formula is C21H27ClINO3. The number of rotatable bonds is 7. The monoisotopic (exact) mass is 503 g/mol. The summed E-state index contributed by atoms with van der Waals surface area (Å²) in [4.78, 5) is 14.6. The number of halogens is 2. The molecule has 4 nitrogen and oxygen atoms in total. The summed E-state index contributed by atoms with van der Waals surface area (Å²) in [5, 5.41) is 10.3. The fourth-order valence-electron chi connectivity index (χ4n) is 3.00. The van der Waals surface area contributed by atoms with Gasteiger partial charge in [0, 0.05) is 22.2 Å². The maximum atomic E-state index is 12.4. The third-order valence-corrected chi connectivity index (χ3v) is 5.19. The molecule has 1 N–H and O–H groups in total. The van der Waals surface area contributed by atoms with Gasteiger partial charge in [0.05, 0.1) is 0 Å². The molecule has 0 unspecified atom stereocenters. The summed E-state index contributed by atoms with van der Waals surface area (Å²) in [7, 11) is 0. The van der Waals surface area contributed by atoms with Crippen LogP contribution in [0.3, 0.4) is 0 Å². The number of phenolic OH excluding ortho intramolecular Hbond substituents is 1. The van der Waals surface area contributed by atoms with Crippen LogP contribution in [0.2, 0.25) is 0 Å². The Bertz CT molecular complexity index is 743. The SMILES string of the molecule is CC(C)N(CCOC(=O)c1cc(I)c(-c2ccccc2)cc1O)C(C)C.Cl. The van der Waals surface area contributed by atoms with Crippen molar-refractivity contribution < 1.29 is 14.6 Å². The number of aromatic hydroxyl groups is 1. The molecule has 0 aliphatic heterocycles. The summed E-state index contributed by atoms with van der Waals surface area (Å²) in [6.07, 6.45) is 0. The number of hydrogen-bond acceptors (Lipinski definition) is 4. The molecule has 0 atom stereocenters. The smallest absolute Gasteiger partial charge is 0.341 e. The Kier molecular flexibility index (Phi) is 9.56. The zero-order chi connectivity index (χ0) is 19.3. The number of ether oxygens (including phenoxy) is 1. The van der Waals surface area contributed by atoms with Gasteiger partial charge < -0.3 is 9.84 Å². The zero-order valence-corrected chi connectivity index (χ0v) is 19.1. The third-order valence-electron chi connectivity index (χ3n) is 4.30. The van der Waals surface area contributed by atoms with Gasteiger partial charge in [-0.3, -0.25) is 4.90 Å². The van der Waals surface area contributed by atoms with Crippen LogP contribution in [0.25, 0.3) is 11.1 Å². The van der Waals surface area contributed by atoms with Crippen molar-refractivity contribution >= 4 is 41.0 Å². The van der Waals surface area contributed by atoms with Gasteiger partial charge in [0.15, 0.2) is 0 Å². The van der Waals surface area contributed by atoms with Gasteiger partial charge in [-0.05, 0) is 73.5 Å². The van der Waals surface area contributed by atoms with E-state index in [1.54, 1.807) is 12.1 Å². The third kappa shape index (κ3) is 6.36. The number of esters is 1. The van der Waals surface area contributed by atoms with Crippen LogP contribution in [-0.4, -0.2) is 41.2 Å². The van der Waals surface area contributed by atoms with E-state index in [2.05, 4.69) is 55.2 Å². The molecule has 0 amide bonds. The van der Waals surface area contributed by atoms with Gasteiger partial charge in [-0.15, -0.1) is 12.4 Å². The van der Waals surface area contributed by atoms with Crippen molar-refractivity contribution in [1.29, 1.82) is 0 Å². The minimum Gasteiger partial charge on any atom is -0.507 e. The molecule has 0 aliphatic rings. The highest BCUT2D eigenvalue weighted by atomic mass is 127. The number of hydrogen-bond donors (Lipinski definition) is 1. The Labute approximate surface area is 181 Å². The van der Waals surface area contributed by atoms with Gasteiger partial charge in [-0.2, -0.15) is 0 Å². The molecule has 27 heavy (non-hydrogen) atoms. The molecule has 2 rings (SSSR count). The minimum absolute atomic E-state index is 0. The van der Waals surface area contributed by atoms with Crippen LogP contribution in [0.15, 0.2) is 42.5 Å². The van der Waals surface area contributed by atoms with Crippen molar-refractivity contribution in [3.63, 3.8) is 0 Å². The van der Waals surface area contributed by atoms with E-state index >= 15 is 0 Å². The van der Waals surface area contributed by atoms with E-state index in [0.29, 0.717) is 25.2 Å². The second kappa shape index (κ2) is 10.9. The number of carbonyl (C=O) groups excluding carboxylic acids is 1. The zero-order valence-electron chi connectivity index (χ0n) is 16.1. The maximum Gasteiger partial charge on any atom is 0.341 e. The van der Waals surface area contributed by atoms with E-state index in [0.717, 1.165) is 14.7 Å². The highest BCUT2D eigenvalue weighted by Crippen LogP contribution is 2.31. The minimum atomic E-state index is -0.493. The van der Waals surface area contributed by atoms with Crippen molar-refractivity contribution in [1.82, 2.24) is 4.90 Å². The lowest BCUT2D eigenvalue weighted by Crippen LogP contribution is -2.39. The Hall–Kier alpha value is -1.31. The van der Waals surface area contributed by atoms with Gasteiger partial charge in [0.1, 0.15) is 17.9 Å². The molecule has 2 aromatic rings. The molecule has 6 heteroatoms. The second-order valence-corrected chi connectivity index (χ2v) is 7.94. The van der Waals surface area contributed by atoms with E-state index in [-0.39, 0.29) is 23.7 Å². The normalized spacial score (nSPS) is 11.0. The first-order valence-electron chi connectivity index (χ1n) is 8.82. The largest absolute Gasteiger partial charge is 0.507 e. The van der Waals surface area contributed by atoms with Crippen LogP contribution in [-0.2, 0) is 4.74 Å². The van der Waals surface area contributed by atoms with Crippen LogP contribution >= 0.6 is 35.0 Å². The molecule has 0 bridgehead atoms. The average Bonchev–Trinajstić information content (AvgIpc) is 2.60. The van der Waals surface area contributed by atoms with Crippen LogP contribution in [0.1, 0.15) is 38.1 Å². The fourth-order valence-corrected chi connectivity index (χ4v) is 3.78. The standard InChI is InChI=1S/C21H26INO3.ClH/c1-14(2)23(15(3)4)10-11-26-21(25)18-12-19(22)17(13-20(18)24)16-8-6-5-7-9-16;/h5-9,12-15,24H,10-11H2,1-4H3;1H. The summed E-state index contributed by atoms with van der Waals surface area (Å²) >= 11 is 2.18. The Morgan fingerprint density at radius 2 is 1.70 bits per heavy atom. The molecule has 0 aliphatic carbocycles. The topological polar surface area (TPSA) is 49.8 Å². The predicted molar refractivity (Wildman–Crippen MR) is 121 cm³/mol. The van der Waals surface area contributed by atoms with Crippen molar-refractivity contribution in [2.24, 2.45) is 0 Å². The first-order valence-corrected chi connectivity index (χ1v) is 9.90. The van der Waals surface area contributed by atoms with Gasteiger partial charge in [-0.1, -0.05) is 30.3 Å². The summed E-state index contributed by atoms with van der Waals surface area (Å²) in [5.41, 5.74) is 2.09. The predicted octanol–water partition coefficient (Wildman–Crippen LogP) is 5.36. The summed E-state index contributed by atoms with van der Waals surface area (Å²) in [5.74, 6) is -0.550. The second-order valence-electron chi connectivity index (χ2n) is 6.78. The molecule has 0 radical (unpaired) electrons. The van der Waals surface area contributed by atoms with E-state index in [4.69, 9.17) is 4.74 Å². The van der Waals surface area contributed by atoms with E-state index < -0.39 is 5.97 Å². The number of nitrogens with zero attached hydrogens (tertiary/aromatic N) is 1.